The molecular weight excluding hydrogens is 228 g/mol. The molecule has 98 valence electrons. The quantitative estimate of drug-likeness (QED) is 0.882. The molecule has 0 saturated heterocycles. The van der Waals surface area contributed by atoms with Gasteiger partial charge in [0.05, 0.1) is 24.4 Å². The first-order valence-electron chi connectivity index (χ1n) is 6.35. The summed E-state index contributed by atoms with van der Waals surface area (Å²) in [7, 11) is 0. The van der Waals surface area contributed by atoms with Gasteiger partial charge in [0.1, 0.15) is 6.10 Å². The number of aliphatic hydroxyl groups is 1. The van der Waals surface area contributed by atoms with Crippen LogP contribution in [0.15, 0.2) is 24.9 Å². The average Bonchev–Trinajstić information content (AvgIpc) is 2.96. The fraction of sp³-hybridized carbons (Fsp3) is 0.538. The highest BCUT2D eigenvalue weighted by molar-refractivity contribution is 5.20. The van der Waals surface area contributed by atoms with Crippen molar-refractivity contribution in [2.75, 3.05) is 0 Å². The number of hydrogen-bond donors (Lipinski definition) is 1. The van der Waals surface area contributed by atoms with Gasteiger partial charge in [0.2, 0.25) is 0 Å². The van der Waals surface area contributed by atoms with Crippen molar-refractivity contribution in [2.24, 2.45) is 0 Å². The van der Waals surface area contributed by atoms with E-state index in [0.717, 1.165) is 24.2 Å². The van der Waals surface area contributed by atoms with Gasteiger partial charge in [-0.1, -0.05) is 6.92 Å². The van der Waals surface area contributed by atoms with Gasteiger partial charge >= 0.3 is 0 Å². The number of aliphatic hydroxyl groups excluding tert-OH is 1. The third-order valence-electron chi connectivity index (χ3n) is 2.95. The summed E-state index contributed by atoms with van der Waals surface area (Å²) in [5.74, 6) is 0. The lowest BCUT2D eigenvalue weighted by atomic mass is 10.1. The maximum atomic E-state index is 10.4. The van der Waals surface area contributed by atoms with Crippen LogP contribution >= 0.6 is 0 Å². The zero-order valence-corrected chi connectivity index (χ0v) is 11.1. The number of hydrogen-bond acceptors (Lipinski definition) is 3. The number of aryl methyl sites for hydroxylation is 1. The normalized spacial score (nSPS) is 13.2. The van der Waals surface area contributed by atoms with E-state index in [4.69, 9.17) is 0 Å². The Hall–Kier alpha value is -1.62. The van der Waals surface area contributed by atoms with Crippen LogP contribution in [0.2, 0.25) is 0 Å². The summed E-state index contributed by atoms with van der Waals surface area (Å²) in [6, 6.07) is 0.280. The van der Waals surface area contributed by atoms with E-state index in [1.807, 2.05) is 15.4 Å². The predicted molar refractivity (Wildman–Crippen MR) is 69.2 cm³/mol. The Morgan fingerprint density at radius 3 is 2.78 bits per heavy atom. The van der Waals surface area contributed by atoms with Gasteiger partial charge in [-0.25, -0.2) is 4.98 Å². The summed E-state index contributed by atoms with van der Waals surface area (Å²) >= 11 is 0. The van der Waals surface area contributed by atoms with Crippen molar-refractivity contribution in [2.45, 2.75) is 45.9 Å². The van der Waals surface area contributed by atoms with E-state index in [2.05, 4.69) is 30.9 Å². The minimum Gasteiger partial charge on any atom is -0.382 e. The molecule has 0 spiro atoms. The molecule has 2 rings (SSSR count). The van der Waals surface area contributed by atoms with Crippen LogP contribution in [0.25, 0.3) is 0 Å². The molecule has 2 heterocycles. The largest absolute Gasteiger partial charge is 0.382 e. The Kier molecular flexibility index (Phi) is 3.81. The monoisotopic (exact) mass is 248 g/mol. The molecule has 0 bridgehead atoms. The van der Waals surface area contributed by atoms with Crippen molar-refractivity contribution in [3.63, 3.8) is 0 Å². The molecule has 0 aromatic carbocycles. The van der Waals surface area contributed by atoms with E-state index in [9.17, 15) is 5.11 Å². The highest BCUT2D eigenvalue weighted by Crippen LogP contribution is 2.23. The zero-order valence-electron chi connectivity index (χ0n) is 11.1. The van der Waals surface area contributed by atoms with E-state index in [-0.39, 0.29) is 6.04 Å². The molecule has 1 unspecified atom stereocenters. The lowest BCUT2D eigenvalue weighted by Crippen LogP contribution is -2.09. The van der Waals surface area contributed by atoms with Gasteiger partial charge in [0, 0.05) is 24.3 Å². The zero-order chi connectivity index (χ0) is 13.1. The first-order chi connectivity index (χ1) is 8.63. The molecule has 0 amide bonds. The molecule has 0 aliphatic heterocycles. The molecular formula is C13H20N4O. The van der Waals surface area contributed by atoms with Gasteiger partial charge in [-0.2, -0.15) is 5.10 Å². The van der Waals surface area contributed by atoms with Crippen molar-refractivity contribution in [1.82, 2.24) is 19.3 Å². The van der Waals surface area contributed by atoms with Crippen LogP contribution in [0, 0.1) is 0 Å². The lowest BCUT2D eigenvalue weighted by Gasteiger charge is -2.15. The summed E-state index contributed by atoms with van der Waals surface area (Å²) in [6.45, 7) is 7.11. The topological polar surface area (TPSA) is 55.9 Å². The van der Waals surface area contributed by atoms with Gasteiger partial charge < -0.3 is 9.67 Å². The third kappa shape index (κ3) is 2.46. The van der Waals surface area contributed by atoms with Crippen molar-refractivity contribution in [3.05, 3.63) is 36.2 Å². The number of rotatable bonds is 5. The first-order valence-corrected chi connectivity index (χ1v) is 6.35. The lowest BCUT2D eigenvalue weighted by molar-refractivity contribution is 0.208. The van der Waals surface area contributed by atoms with Crippen LogP contribution in [0.4, 0.5) is 0 Å². The second-order valence-electron chi connectivity index (χ2n) is 4.76. The molecule has 0 radical (unpaired) electrons. The van der Waals surface area contributed by atoms with E-state index in [1.165, 1.54) is 0 Å². The van der Waals surface area contributed by atoms with Gasteiger partial charge in [0.15, 0.2) is 0 Å². The maximum absolute atomic E-state index is 10.4. The number of imidazole rings is 1. The van der Waals surface area contributed by atoms with Crippen molar-refractivity contribution < 1.29 is 5.11 Å². The Morgan fingerprint density at radius 2 is 2.11 bits per heavy atom. The molecule has 2 aromatic heterocycles. The Morgan fingerprint density at radius 1 is 1.33 bits per heavy atom. The molecule has 18 heavy (non-hydrogen) atoms. The summed E-state index contributed by atoms with van der Waals surface area (Å²) < 4.78 is 3.83. The van der Waals surface area contributed by atoms with E-state index >= 15 is 0 Å². The van der Waals surface area contributed by atoms with Crippen LogP contribution in [0.5, 0.6) is 0 Å². The van der Waals surface area contributed by atoms with E-state index in [1.54, 1.807) is 18.7 Å². The summed E-state index contributed by atoms with van der Waals surface area (Å²) in [6.07, 6.45) is 7.44. The second kappa shape index (κ2) is 5.35. The van der Waals surface area contributed by atoms with Gasteiger partial charge in [-0.3, -0.25) is 4.68 Å². The Labute approximate surface area is 107 Å². The van der Waals surface area contributed by atoms with E-state index in [0.29, 0.717) is 0 Å². The van der Waals surface area contributed by atoms with Gasteiger partial charge in [-0.15, -0.1) is 0 Å². The molecule has 5 heteroatoms. The second-order valence-corrected chi connectivity index (χ2v) is 4.76. The maximum Gasteiger partial charge on any atom is 0.124 e. The highest BCUT2D eigenvalue weighted by atomic mass is 16.3. The van der Waals surface area contributed by atoms with Crippen LogP contribution in [-0.4, -0.2) is 24.4 Å². The summed E-state index contributed by atoms with van der Waals surface area (Å²) in [5, 5.41) is 14.6. The highest BCUT2D eigenvalue weighted by Gasteiger charge is 2.18. The van der Waals surface area contributed by atoms with Crippen molar-refractivity contribution >= 4 is 0 Å². The average molecular weight is 248 g/mol. The standard InChI is InChI=1S/C13H20N4O/c1-4-5-16-8-11(6-15-16)13(18)12-7-14-9-17(12)10(2)3/h6-10,13,18H,4-5H2,1-3H3. The molecule has 0 fully saturated rings. The van der Waals surface area contributed by atoms with Crippen molar-refractivity contribution in [1.29, 1.82) is 0 Å². The molecule has 0 aliphatic carbocycles. The smallest absolute Gasteiger partial charge is 0.124 e. The van der Waals surface area contributed by atoms with Gasteiger partial charge in [0.25, 0.3) is 0 Å². The minimum atomic E-state index is -0.666. The van der Waals surface area contributed by atoms with E-state index < -0.39 is 6.10 Å². The molecule has 0 saturated carbocycles. The Bertz CT molecular complexity index is 501. The molecule has 5 nitrogen and oxygen atoms in total. The summed E-state index contributed by atoms with van der Waals surface area (Å²) in [4.78, 5) is 4.11. The van der Waals surface area contributed by atoms with Gasteiger partial charge in [-0.05, 0) is 20.3 Å². The number of nitrogens with zero attached hydrogens (tertiary/aromatic N) is 4. The van der Waals surface area contributed by atoms with Crippen molar-refractivity contribution in [3.8, 4) is 0 Å². The minimum absolute atomic E-state index is 0.280. The van der Waals surface area contributed by atoms with Crippen LogP contribution in [0.1, 0.15) is 50.6 Å². The van der Waals surface area contributed by atoms with Crippen LogP contribution in [0.3, 0.4) is 0 Å². The summed E-state index contributed by atoms with van der Waals surface area (Å²) in [5.41, 5.74) is 1.62. The first kappa shape index (κ1) is 12.8. The number of aromatic nitrogens is 4. The molecule has 1 atom stereocenters. The molecule has 2 aromatic rings. The SMILES string of the molecule is CCCn1cc(C(O)c2cncn2C(C)C)cn1. The van der Waals surface area contributed by atoms with Crippen LogP contribution < -0.4 is 0 Å². The fourth-order valence-electron chi connectivity index (χ4n) is 2.00. The molecule has 1 N–H and O–H groups in total. The third-order valence-corrected chi connectivity index (χ3v) is 2.95. The fourth-order valence-corrected chi connectivity index (χ4v) is 2.00. The Balaban J connectivity index is 2.24. The molecule has 0 aliphatic rings. The van der Waals surface area contributed by atoms with Crippen LogP contribution in [-0.2, 0) is 6.54 Å². The predicted octanol–water partition coefficient (Wildman–Crippen LogP) is 2.15.